The van der Waals surface area contributed by atoms with Crippen LogP contribution in [-0.4, -0.2) is 11.1 Å². The number of hydrogen-bond acceptors (Lipinski definition) is 4. The van der Waals surface area contributed by atoms with Crippen LogP contribution in [0, 0.1) is 5.82 Å². The maximum Gasteiger partial charge on any atom is 0.240 e. The summed E-state index contributed by atoms with van der Waals surface area (Å²) in [7, 11) is 0. The molecule has 2 aromatic rings. The maximum atomic E-state index is 13.6. The normalized spacial score (nSPS) is 11.6. The van der Waals surface area contributed by atoms with Crippen molar-refractivity contribution in [2.24, 2.45) is 4.99 Å². The lowest BCUT2D eigenvalue weighted by molar-refractivity contribution is 0.410. The second-order valence-electron chi connectivity index (χ2n) is 4.84. The van der Waals surface area contributed by atoms with Crippen molar-refractivity contribution in [2.75, 3.05) is 0 Å². The Morgan fingerprint density at radius 1 is 1.50 bits per heavy atom. The standard InChI is InChI=1S/C12H10ClFN2O2/c1-12(2,3)11-16-8-6(13)4-7(14)9(15-5-17)10(8)18-11/h4H,1-3H3. The van der Waals surface area contributed by atoms with Crippen LogP contribution in [-0.2, 0) is 10.2 Å². The van der Waals surface area contributed by atoms with Gasteiger partial charge in [0.05, 0.1) is 5.02 Å². The van der Waals surface area contributed by atoms with Crippen LogP contribution in [0.1, 0.15) is 26.7 Å². The fourth-order valence-electron chi connectivity index (χ4n) is 1.47. The van der Waals surface area contributed by atoms with Crippen molar-refractivity contribution in [1.29, 1.82) is 0 Å². The number of hydrogen-bond donors (Lipinski definition) is 0. The number of aliphatic imine (C=N–C) groups is 1. The minimum atomic E-state index is -0.743. The molecule has 4 nitrogen and oxygen atoms in total. The van der Waals surface area contributed by atoms with Crippen LogP contribution in [0.3, 0.4) is 0 Å². The van der Waals surface area contributed by atoms with Crippen LogP contribution in [0.4, 0.5) is 10.1 Å². The van der Waals surface area contributed by atoms with Gasteiger partial charge in [0.15, 0.2) is 17.1 Å². The van der Waals surface area contributed by atoms with Gasteiger partial charge in [-0.15, -0.1) is 0 Å². The van der Waals surface area contributed by atoms with E-state index >= 15 is 0 Å². The molecule has 1 aromatic heterocycles. The van der Waals surface area contributed by atoms with E-state index in [-0.39, 0.29) is 27.2 Å². The Bertz CT molecular complexity index is 667. The van der Waals surface area contributed by atoms with E-state index < -0.39 is 5.82 Å². The largest absolute Gasteiger partial charge is 0.438 e. The average Bonchev–Trinajstić information content (AvgIpc) is 2.68. The summed E-state index contributed by atoms with van der Waals surface area (Å²) in [6.07, 6.45) is 1.29. The van der Waals surface area contributed by atoms with Crippen molar-refractivity contribution in [1.82, 2.24) is 4.98 Å². The highest BCUT2D eigenvalue weighted by molar-refractivity contribution is 6.35. The van der Waals surface area contributed by atoms with E-state index in [1.165, 1.54) is 6.08 Å². The number of carbonyl (C=O) groups excluding carboxylic acids is 1. The van der Waals surface area contributed by atoms with Gasteiger partial charge in [-0.3, -0.25) is 0 Å². The van der Waals surface area contributed by atoms with Gasteiger partial charge in [-0.1, -0.05) is 32.4 Å². The highest BCUT2D eigenvalue weighted by atomic mass is 35.5. The number of nitrogens with zero attached hydrogens (tertiary/aromatic N) is 2. The zero-order valence-electron chi connectivity index (χ0n) is 10.0. The molecule has 0 spiro atoms. The number of rotatable bonds is 1. The molecule has 0 aliphatic rings. The summed E-state index contributed by atoms with van der Waals surface area (Å²) in [4.78, 5) is 17.8. The third-order valence-corrected chi connectivity index (χ3v) is 2.64. The van der Waals surface area contributed by atoms with E-state index in [4.69, 9.17) is 16.0 Å². The maximum absolute atomic E-state index is 13.6. The first-order valence-corrected chi connectivity index (χ1v) is 5.59. The van der Waals surface area contributed by atoms with Crippen LogP contribution in [0.2, 0.25) is 5.02 Å². The fourth-order valence-corrected chi connectivity index (χ4v) is 1.69. The number of fused-ring (bicyclic) bond motifs is 1. The van der Waals surface area contributed by atoms with Crippen molar-refractivity contribution < 1.29 is 13.6 Å². The minimum absolute atomic E-state index is 0.0632. The summed E-state index contributed by atoms with van der Waals surface area (Å²) in [6.45, 7) is 5.68. The molecular formula is C12H10ClFN2O2. The van der Waals surface area contributed by atoms with Crippen LogP contribution >= 0.6 is 11.6 Å². The first-order valence-electron chi connectivity index (χ1n) is 5.21. The molecule has 0 saturated heterocycles. The van der Waals surface area contributed by atoms with Crippen molar-refractivity contribution in [3.63, 3.8) is 0 Å². The quantitative estimate of drug-likeness (QED) is 0.582. The number of halogens is 2. The molecule has 6 heteroatoms. The fraction of sp³-hybridized carbons (Fsp3) is 0.333. The highest BCUT2D eigenvalue weighted by Crippen LogP contribution is 2.37. The summed E-state index contributed by atoms with van der Waals surface area (Å²) in [5.41, 5.74) is -0.237. The Kier molecular flexibility index (Phi) is 2.97. The lowest BCUT2D eigenvalue weighted by Gasteiger charge is -2.11. The van der Waals surface area contributed by atoms with Gasteiger partial charge in [-0.05, 0) is 6.07 Å². The Labute approximate surface area is 107 Å². The molecule has 0 unspecified atom stereocenters. The van der Waals surface area contributed by atoms with E-state index in [0.29, 0.717) is 5.89 Å². The molecule has 0 saturated carbocycles. The van der Waals surface area contributed by atoms with Gasteiger partial charge in [0.25, 0.3) is 0 Å². The molecule has 0 amide bonds. The first-order chi connectivity index (χ1) is 8.34. The monoisotopic (exact) mass is 268 g/mol. The second-order valence-corrected chi connectivity index (χ2v) is 5.25. The molecule has 0 bridgehead atoms. The Morgan fingerprint density at radius 2 is 2.17 bits per heavy atom. The van der Waals surface area contributed by atoms with Crippen molar-refractivity contribution in [2.45, 2.75) is 26.2 Å². The van der Waals surface area contributed by atoms with Gasteiger partial charge in [0, 0.05) is 5.41 Å². The average molecular weight is 269 g/mol. The molecule has 0 fully saturated rings. The Balaban J connectivity index is 2.86. The lowest BCUT2D eigenvalue weighted by Crippen LogP contribution is -2.10. The van der Waals surface area contributed by atoms with E-state index in [2.05, 4.69) is 9.98 Å². The van der Waals surface area contributed by atoms with Crippen molar-refractivity contribution in [3.05, 3.63) is 22.8 Å². The van der Waals surface area contributed by atoms with E-state index in [1.807, 2.05) is 20.8 Å². The topological polar surface area (TPSA) is 55.5 Å². The van der Waals surface area contributed by atoms with Crippen LogP contribution in [0.5, 0.6) is 0 Å². The molecule has 0 radical (unpaired) electrons. The number of isocyanates is 1. The van der Waals surface area contributed by atoms with Gasteiger partial charge in [0.2, 0.25) is 12.0 Å². The molecule has 1 aromatic carbocycles. The third kappa shape index (κ3) is 2.03. The number of aromatic nitrogens is 1. The lowest BCUT2D eigenvalue weighted by atomic mass is 9.97. The second kappa shape index (κ2) is 4.19. The zero-order chi connectivity index (χ0) is 13.5. The molecule has 0 aliphatic heterocycles. The van der Waals surface area contributed by atoms with Gasteiger partial charge >= 0.3 is 0 Å². The van der Waals surface area contributed by atoms with Gasteiger partial charge in [0.1, 0.15) is 5.52 Å². The smallest absolute Gasteiger partial charge is 0.240 e. The molecule has 2 rings (SSSR count). The molecule has 0 atom stereocenters. The van der Waals surface area contributed by atoms with Crippen LogP contribution < -0.4 is 0 Å². The highest BCUT2D eigenvalue weighted by Gasteiger charge is 2.24. The summed E-state index contributed by atoms with van der Waals surface area (Å²) < 4.78 is 19.1. The molecular weight excluding hydrogens is 259 g/mol. The zero-order valence-corrected chi connectivity index (χ0v) is 10.8. The summed E-state index contributed by atoms with van der Waals surface area (Å²) >= 11 is 5.90. The van der Waals surface area contributed by atoms with Gasteiger partial charge in [-0.2, -0.15) is 4.99 Å². The SMILES string of the molecule is CC(C)(C)c1nc2c(Cl)cc(F)c(N=C=O)c2o1. The van der Waals surface area contributed by atoms with E-state index in [9.17, 15) is 9.18 Å². The molecule has 0 aliphatic carbocycles. The predicted molar refractivity (Wildman–Crippen MR) is 65.5 cm³/mol. The predicted octanol–water partition coefficient (Wildman–Crippen LogP) is 3.89. The number of benzene rings is 1. The van der Waals surface area contributed by atoms with Crippen LogP contribution in [0.15, 0.2) is 15.5 Å². The minimum Gasteiger partial charge on any atom is -0.438 e. The number of oxazole rings is 1. The van der Waals surface area contributed by atoms with Crippen molar-refractivity contribution >= 4 is 34.5 Å². The summed E-state index contributed by atoms with van der Waals surface area (Å²) in [5, 5.41) is 0.117. The molecule has 1 heterocycles. The summed E-state index contributed by atoms with van der Waals surface area (Å²) in [5.74, 6) is -0.347. The first kappa shape index (κ1) is 12.7. The Hall–Kier alpha value is -1.71. The van der Waals surface area contributed by atoms with E-state index in [1.54, 1.807) is 0 Å². The van der Waals surface area contributed by atoms with Crippen molar-refractivity contribution in [3.8, 4) is 0 Å². The van der Waals surface area contributed by atoms with Gasteiger partial charge in [-0.25, -0.2) is 14.2 Å². The molecule has 94 valence electrons. The molecule has 18 heavy (non-hydrogen) atoms. The summed E-state index contributed by atoms with van der Waals surface area (Å²) in [6, 6.07) is 1.05. The van der Waals surface area contributed by atoms with Crippen LogP contribution in [0.25, 0.3) is 11.1 Å². The third-order valence-electron chi connectivity index (χ3n) is 2.35. The van der Waals surface area contributed by atoms with Gasteiger partial charge < -0.3 is 4.42 Å². The van der Waals surface area contributed by atoms with E-state index in [0.717, 1.165) is 6.07 Å². The molecule has 0 N–H and O–H groups in total. The Morgan fingerprint density at radius 3 is 2.72 bits per heavy atom.